The molecule has 19 heavy (non-hydrogen) atoms. The van der Waals surface area contributed by atoms with Crippen molar-refractivity contribution in [3.63, 3.8) is 0 Å². The molecule has 100 valence electrons. The second kappa shape index (κ2) is 5.71. The molecule has 2 aromatic rings. The molecule has 7 heteroatoms. The average Bonchev–Trinajstić information content (AvgIpc) is 2.78. The van der Waals surface area contributed by atoms with Gasteiger partial charge in [-0.1, -0.05) is 11.6 Å². The highest BCUT2D eigenvalue weighted by molar-refractivity contribution is 6.29. The molecule has 0 aliphatic heterocycles. The van der Waals surface area contributed by atoms with Crippen molar-refractivity contribution in [2.45, 2.75) is 6.42 Å². The Hall–Kier alpha value is -2.08. The van der Waals surface area contributed by atoms with E-state index in [-0.39, 0.29) is 11.1 Å². The number of carbonyl (C=O) groups excluding carboxylic acids is 1. The molecule has 0 saturated heterocycles. The molecule has 0 radical (unpaired) electrons. The summed E-state index contributed by atoms with van der Waals surface area (Å²) in [5.41, 5.74) is 7.37. The van der Waals surface area contributed by atoms with Gasteiger partial charge in [0.2, 0.25) is 0 Å². The van der Waals surface area contributed by atoms with Crippen molar-refractivity contribution >= 4 is 23.2 Å². The number of nitrogens with one attached hydrogen (secondary N) is 1. The molecule has 2 heterocycles. The fourth-order valence-corrected chi connectivity index (χ4v) is 1.84. The van der Waals surface area contributed by atoms with Crippen LogP contribution < -0.4 is 11.1 Å². The zero-order valence-corrected chi connectivity index (χ0v) is 11.2. The van der Waals surface area contributed by atoms with Crippen LogP contribution in [0, 0.1) is 0 Å². The normalized spacial score (nSPS) is 10.4. The number of hydrogen-bond donors (Lipinski definition) is 2. The molecule has 0 aliphatic carbocycles. The topological polar surface area (TPSA) is 85.8 Å². The Morgan fingerprint density at radius 2 is 2.37 bits per heavy atom. The molecule has 0 aromatic carbocycles. The number of pyridine rings is 1. The number of halogens is 1. The van der Waals surface area contributed by atoms with Crippen molar-refractivity contribution < 1.29 is 4.79 Å². The van der Waals surface area contributed by atoms with Gasteiger partial charge in [-0.3, -0.25) is 9.48 Å². The van der Waals surface area contributed by atoms with Gasteiger partial charge in [0.15, 0.2) is 0 Å². The lowest BCUT2D eigenvalue weighted by atomic mass is 10.2. The van der Waals surface area contributed by atoms with Gasteiger partial charge >= 0.3 is 0 Å². The first-order valence-corrected chi connectivity index (χ1v) is 6.12. The number of hydrogen-bond acceptors (Lipinski definition) is 4. The maximum Gasteiger partial charge on any atom is 0.253 e. The summed E-state index contributed by atoms with van der Waals surface area (Å²) in [5.74, 6) is -0.260. The molecule has 2 aromatic heterocycles. The van der Waals surface area contributed by atoms with Crippen molar-refractivity contribution in [1.29, 1.82) is 0 Å². The highest BCUT2D eigenvalue weighted by atomic mass is 35.5. The van der Waals surface area contributed by atoms with Crippen molar-refractivity contribution in [2.75, 3.05) is 12.3 Å². The van der Waals surface area contributed by atoms with E-state index in [1.54, 1.807) is 10.9 Å². The summed E-state index contributed by atoms with van der Waals surface area (Å²) in [7, 11) is 1.86. The summed E-state index contributed by atoms with van der Waals surface area (Å²) < 4.78 is 1.77. The summed E-state index contributed by atoms with van der Waals surface area (Å²) >= 11 is 5.74. The van der Waals surface area contributed by atoms with Crippen molar-refractivity contribution in [3.05, 3.63) is 40.9 Å². The third-order valence-electron chi connectivity index (χ3n) is 2.74. The monoisotopic (exact) mass is 279 g/mol. The second-order valence-electron chi connectivity index (χ2n) is 4.05. The van der Waals surface area contributed by atoms with Crippen LogP contribution in [0.2, 0.25) is 5.15 Å². The molecule has 2 rings (SSSR count). The summed E-state index contributed by atoms with van der Waals surface area (Å²) in [6.45, 7) is 0.498. The fourth-order valence-electron chi connectivity index (χ4n) is 1.68. The van der Waals surface area contributed by atoms with Crippen LogP contribution in [-0.4, -0.2) is 27.2 Å². The zero-order valence-electron chi connectivity index (χ0n) is 10.4. The number of anilines is 1. The van der Waals surface area contributed by atoms with E-state index < -0.39 is 0 Å². The Kier molecular flexibility index (Phi) is 4.01. The smallest absolute Gasteiger partial charge is 0.253 e. The molecular formula is C12H14ClN5O. The van der Waals surface area contributed by atoms with Crippen LogP contribution in [0.1, 0.15) is 16.1 Å². The Morgan fingerprint density at radius 3 is 3.05 bits per heavy atom. The van der Waals surface area contributed by atoms with Crippen LogP contribution in [0.4, 0.5) is 5.69 Å². The minimum atomic E-state index is -0.260. The number of amides is 1. The van der Waals surface area contributed by atoms with Crippen molar-refractivity contribution in [2.24, 2.45) is 7.05 Å². The molecule has 1 amide bonds. The minimum absolute atomic E-state index is 0.242. The highest BCUT2D eigenvalue weighted by Crippen LogP contribution is 2.14. The Morgan fingerprint density at radius 1 is 1.58 bits per heavy atom. The predicted octanol–water partition coefficient (Wildman–Crippen LogP) is 1.02. The minimum Gasteiger partial charge on any atom is -0.397 e. The Bertz CT molecular complexity index is 596. The average molecular weight is 280 g/mol. The first kappa shape index (κ1) is 13.4. The van der Waals surface area contributed by atoms with Gasteiger partial charge < -0.3 is 11.1 Å². The molecule has 0 fully saturated rings. The van der Waals surface area contributed by atoms with Gasteiger partial charge in [-0.25, -0.2) is 4.98 Å². The van der Waals surface area contributed by atoms with Crippen LogP contribution in [0.25, 0.3) is 0 Å². The van der Waals surface area contributed by atoms with E-state index in [1.807, 2.05) is 13.1 Å². The maximum atomic E-state index is 11.9. The molecule has 3 N–H and O–H groups in total. The lowest BCUT2D eigenvalue weighted by molar-refractivity contribution is 0.0954. The number of aromatic nitrogens is 3. The van der Waals surface area contributed by atoms with Crippen LogP contribution in [-0.2, 0) is 13.5 Å². The van der Waals surface area contributed by atoms with Gasteiger partial charge in [0, 0.05) is 31.9 Å². The number of aryl methyl sites for hydroxylation is 1. The lowest BCUT2D eigenvalue weighted by Crippen LogP contribution is -2.27. The molecular weight excluding hydrogens is 266 g/mol. The van der Waals surface area contributed by atoms with Crippen LogP contribution in [0.3, 0.4) is 0 Å². The molecule has 0 bridgehead atoms. The van der Waals surface area contributed by atoms with E-state index in [0.717, 1.165) is 5.69 Å². The molecule has 0 aliphatic rings. The van der Waals surface area contributed by atoms with Gasteiger partial charge in [-0.05, 0) is 12.1 Å². The van der Waals surface area contributed by atoms with Crippen molar-refractivity contribution in [3.8, 4) is 0 Å². The van der Waals surface area contributed by atoms with E-state index in [9.17, 15) is 4.79 Å². The van der Waals surface area contributed by atoms with E-state index in [0.29, 0.717) is 24.2 Å². The largest absolute Gasteiger partial charge is 0.397 e. The van der Waals surface area contributed by atoms with E-state index in [2.05, 4.69) is 15.4 Å². The van der Waals surface area contributed by atoms with Gasteiger partial charge in [0.25, 0.3) is 5.91 Å². The van der Waals surface area contributed by atoms with Gasteiger partial charge in [-0.15, -0.1) is 0 Å². The number of carbonyl (C=O) groups is 1. The number of nitrogens with two attached hydrogens (primary N) is 1. The number of nitrogen functional groups attached to an aromatic ring is 1. The number of rotatable bonds is 4. The molecule has 0 unspecified atom stereocenters. The SMILES string of the molecule is Cn1nccc1CCNC(=O)c1cc(Cl)ncc1N. The van der Waals surface area contributed by atoms with Crippen LogP contribution in [0.15, 0.2) is 24.5 Å². The fraction of sp³-hybridized carbons (Fsp3) is 0.250. The van der Waals surface area contributed by atoms with Gasteiger partial charge in [0.05, 0.1) is 17.4 Å². The molecule has 6 nitrogen and oxygen atoms in total. The second-order valence-corrected chi connectivity index (χ2v) is 4.43. The van der Waals surface area contributed by atoms with E-state index in [4.69, 9.17) is 17.3 Å². The Balaban J connectivity index is 1.94. The van der Waals surface area contributed by atoms with Gasteiger partial charge in [-0.2, -0.15) is 5.10 Å². The summed E-state index contributed by atoms with van der Waals surface area (Å²) in [5, 5.41) is 7.08. The number of nitrogens with zero attached hydrogens (tertiary/aromatic N) is 3. The third-order valence-corrected chi connectivity index (χ3v) is 2.94. The predicted molar refractivity (Wildman–Crippen MR) is 72.9 cm³/mol. The van der Waals surface area contributed by atoms with Gasteiger partial charge in [0.1, 0.15) is 5.15 Å². The highest BCUT2D eigenvalue weighted by Gasteiger charge is 2.10. The first-order chi connectivity index (χ1) is 9.08. The maximum absolute atomic E-state index is 11.9. The van der Waals surface area contributed by atoms with E-state index >= 15 is 0 Å². The first-order valence-electron chi connectivity index (χ1n) is 5.74. The lowest BCUT2D eigenvalue weighted by Gasteiger charge is -2.07. The van der Waals surface area contributed by atoms with Crippen molar-refractivity contribution in [1.82, 2.24) is 20.1 Å². The molecule has 0 spiro atoms. The summed E-state index contributed by atoms with van der Waals surface area (Å²) in [6.07, 6.45) is 3.79. The Labute approximate surface area is 115 Å². The third kappa shape index (κ3) is 3.23. The van der Waals surface area contributed by atoms with Crippen LogP contribution in [0.5, 0.6) is 0 Å². The van der Waals surface area contributed by atoms with Crippen LogP contribution >= 0.6 is 11.6 Å². The summed E-state index contributed by atoms with van der Waals surface area (Å²) in [4.78, 5) is 15.7. The molecule has 0 saturated carbocycles. The zero-order chi connectivity index (χ0) is 13.8. The standard InChI is InChI=1S/C12H14ClN5O/c1-18-8(3-5-17-18)2-4-15-12(19)9-6-11(13)16-7-10(9)14/h3,5-7H,2,4,14H2,1H3,(H,15,19). The summed E-state index contributed by atoms with van der Waals surface area (Å²) in [6, 6.07) is 3.36. The van der Waals surface area contributed by atoms with E-state index in [1.165, 1.54) is 12.3 Å². The quantitative estimate of drug-likeness (QED) is 0.818. The molecule has 0 atom stereocenters.